The number of hydrogen-bond acceptors (Lipinski definition) is 3. The van der Waals surface area contributed by atoms with E-state index in [2.05, 4.69) is 18.8 Å². The molecule has 1 rings (SSSR count). The van der Waals surface area contributed by atoms with Crippen molar-refractivity contribution in [3.05, 3.63) is 15.6 Å². The van der Waals surface area contributed by atoms with Crippen LogP contribution in [0.15, 0.2) is 0 Å². The van der Waals surface area contributed by atoms with Crippen molar-refractivity contribution >= 4 is 11.3 Å². The molecule has 3 heteroatoms. The Bertz CT molecular complexity index is 299. The molecule has 14 heavy (non-hydrogen) atoms. The summed E-state index contributed by atoms with van der Waals surface area (Å²) in [6, 6.07) is 0. The molecule has 0 aromatic carbocycles. The van der Waals surface area contributed by atoms with Gasteiger partial charge in [0.05, 0.1) is 21.2 Å². The molecule has 0 aliphatic rings. The lowest BCUT2D eigenvalue weighted by Gasteiger charge is -2.16. The Morgan fingerprint density at radius 2 is 2.00 bits per heavy atom. The fraction of sp³-hybridized carbons (Fsp3) is 0.727. The number of thiazole rings is 1. The molecule has 1 aromatic heterocycles. The second kappa shape index (κ2) is 4.41. The smallest absolute Gasteiger partial charge is 0.0950 e. The summed E-state index contributed by atoms with van der Waals surface area (Å²) in [7, 11) is 0. The Labute approximate surface area is 90.0 Å². The predicted octanol–water partition coefficient (Wildman–Crippen LogP) is 2.89. The first-order chi connectivity index (χ1) is 6.49. The number of rotatable bonds is 4. The normalized spacial score (nSPS) is 12.1. The highest BCUT2D eigenvalue weighted by molar-refractivity contribution is 7.11. The van der Waals surface area contributed by atoms with Gasteiger partial charge in [0.2, 0.25) is 0 Å². The lowest BCUT2D eigenvalue weighted by molar-refractivity contribution is 0.0813. The first-order valence-electron chi connectivity index (χ1n) is 5.20. The Kier molecular flexibility index (Phi) is 3.67. The fourth-order valence-corrected chi connectivity index (χ4v) is 2.49. The van der Waals surface area contributed by atoms with Crippen LogP contribution in [0.25, 0.3) is 0 Å². The first-order valence-corrected chi connectivity index (χ1v) is 6.02. The standard InChI is InChI=1S/C11H19NOS/c1-5-7-8-10(11(3,4)13)14-9(6-2)12-8/h13H,5-7H2,1-4H3. The second-order valence-electron chi connectivity index (χ2n) is 4.05. The van der Waals surface area contributed by atoms with E-state index in [0.29, 0.717) is 0 Å². The van der Waals surface area contributed by atoms with Crippen LogP contribution in [-0.2, 0) is 18.4 Å². The van der Waals surface area contributed by atoms with Crippen molar-refractivity contribution in [2.24, 2.45) is 0 Å². The zero-order valence-electron chi connectivity index (χ0n) is 9.42. The van der Waals surface area contributed by atoms with Crippen LogP contribution in [0.4, 0.5) is 0 Å². The zero-order valence-corrected chi connectivity index (χ0v) is 10.2. The maximum Gasteiger partial charge on any atom is 0.0950 e. The van der Waals surface area contributed by atoms with Crippen molar-refractivity contribution < 1.29 is 5.11 Å². The van der Waals surface area contributed by atoms with Crippen LogP contribution < -0.4 is 0 Å². The molecule has 0 unspecified atom stereocenters. The van der Waals surface area contributed by atoms with Gasteiger partial charge in [0.15, 0.2) is 0 Å². The largest absolute Gasteiger partial charge is 0.385 e. The third-order valence-corrected chi connectivity index (χ3v) is 3.64. The zero-order chi connectivity index (χ0) is 10.8. The van der Waals surface area contributed by atoms with E-state index in [4.69, 9.17) is 0 Å². The summed E-state index contributed by atoms with van der Waals surface area (Å²) in [5.41, 5.74) is 0.345. The maximum atomic E-state index is 9.98. The average molecular weight is 213 g/mol. The van der Waals surface area contributed by atoms with Crippen molar-refractivity contribution in [3.63, 3.8) is 0 Å². The summed E-state index contributed by atoms with van der Waals surface area (Å²) in [4.78, 5) is 5.58. The molecule has 0 bridgehead atoms. The lowest BCUT2D eigenvalue weighted by atomic mass is 10.0. The molecule has 2 nitrogen and oxygen atoms in total. The minimum absolute atomic E-state index is 0.740. The molecule has 0 spiro atoms. The SMILES string of the molecule is CCCc1nc(CC)sc1C(C)(C)O. The molecule has 0 saturated heterocycles. The Hall–Kier alpha value is -0.410. The first kappa shape index (κ1) is 11.7. The van der Waals surface area contributed by atoms with Crippen molar-refractivity contribution in [3.8, 4) is 0 Å². The molecule has 0 atom stereocenters. The molecule has 0 aliphatic heterocycles. The van der Waals surface area contributed by atoms with E-state index < -0.39 is 5.60 Å². The Morgan fingerprint density at radius 3 is 2.43 bits per heavy atom. The van der Waals surface area contributed by atoms with E-state index in [9.17, 15) is 5.11 Å². The van der Waals surface area contributed by atoms with Crippen LogP contribution in [0, 0.1) is 0 Å². The van der Waals surface area contributed by atoms with Crippen molar-refractivity contribution in [2.45, 2.75) is 52.6 Å². The monoisotopic (exact) mass is 213 g/mol. The molecular formula is C11H19NOS. The van der Waals surface area contributed by atoms with Crippen LogP contribution in [0.2, 0.25) is 0 Å². The summed E-state index contributed by atoms with van der Waals surface area (Å²) in [6.07, 6.45) is 3.00. The maximum absolute atomic E-state index is 9.98. The second-order valence-corrected chi connectivity index (χ2v) is 5.13. The van der Waals surface area contributed by atoms with E-state index >= 15 is 0 Å². The summed E-state index contributed by atoms with van der Waals surface area (Å²) in [5.74, 6) is 0. The van der Waals surface area contributed by atoms with Crippen molar-refractivity contribution in [1.82, 2.24) is 4.98 Å². The van der Waals surface area contributed by atoms with Crippen LogP contribution in [0.3, 0.4) is 0 Å². The molecule has 0 saturated carbocycles. The molecule has 1 heterocycles. The summed E-state index contributed by atoms with van der Waals surface area (Å²) >= 11 is 1.65. The molecule has 80 valence electrons. The van der Waals surface area contributed by atoms with Gasteiger partial charge in [0.25, 0.3) is 0 Å². The van der Waals surface area contributed by atoms with Crippen LogP contribution in [0.5, 0.6) is 0 Å². The number of aryl methyl sites for hydroxylation is 2. The lowest BCUT2D eigenvalue weighted by Crippen LogP contribution is -2.15. The third kappa shape index (κ3) is 2.55. The Morgan fingerprint density at radius 1 is 1.36 bits per heavy atom. The van der Waals surface area contributed by atoms with Crippen LogP contribution in [0.1, 0.15) is 49.7 Å². The number of aromatic nitrogens is 1. The summed E-state index contributed by atoms with van der Waals surface area (Å²) < 4.78 is 0. The average Bonchev–Trinajstić information content (AvgIpc) is 2.48. The van der Waals surface area contributed by atoms with E-state index in [1.807, 2.05) is 13.8 Å². The van der Waals surface area contributed by atoms with Gasteiger partial charge < -0.3 is 5.11 Å². The minimum Gasteiger partial charge on any atom is -0.385 e. The fourth-order valence-electron chi connectivity index (χ4n) is 1.44. The van der Waals surface area contributed by atoms with Crippen molar-refractivity contribution in [2.75, 3.05) is 0 Å². The quantitative estimate of drug-likeness (QED) is 0.834. The van der Waals surface area contributed by atoms with Crippen molar-refractivity contribution in [1.29, 1.82) is 0 Å². The highest BCUT2D eigenvalue weighted by atomic mass is 32.1. The minimum atomic E-state index is -0.740. The molecule has 0 radical (unpaired) electrons. The van der Waals surface area contributed by atoms with E-state index in [1.54, 1.807) is 11.3 Å². The highest BCUT2D eigenvalue weighted by Gasteiger charge is 2.23. The number of aliphatic hydroxyl groups is 1. The highest BCUT2D eigenvalue weighted by Crippen LogP contribution is 2.30. The van der Waals surface area contributed by atoms with E-state index in [-0.39, 0.29) is 0 Å². The van der Waals surface area contributed by atoms with Gasteiger partial charge in [-0.3, -0.25) is 0 Å². The third-order valence-electron chi connectivity index (χ3n) is 2.09. The Balaban J connectivity index is 3.06. The summed E-state index contributed by atoms with van der Waals surface area (Å²) in [5, 5.41) is 11.1. The topological polar surface area (TPSA) is 33.1 Å². The number of hydrogen-bond donors (Lipinski definition) is 1. The van der Waals surface area contributed by atoms with Crippen LogP contribution >= 0.6 is 11.3 Å². The molecule has 0 fully saturated rings. The van der Waals surface area contributed by atoms with E-state index in [1.165, 1.54) is 0 Å². The van der Waals surface area contributed by atoms with Gasteiger partial charge in [-0.15, -0.1) is 11.3 Å². The molecule has 1 aromatic rings. The molecule has 1 N–H and O–H groups in total. The van der Waals surface area contributed by atoms with Crippen LogP contribution in [-0.4, -0.2) is 10.1 Å². The van der Waals surface area contributed by atoms with Gasteiger partial charge in [-0.1, -0.05) is 20.3 Å². The predicted molar refractivity (Wildman–Crippen MR) is 60.7 cm³/mol. The number of nitrogens with zero attached hydrogens (tertiary/aromatic N) is 1. The van der Waals surface area contributed by atoms with Gasteiger partial charge in [0.1, 0.15) is 0 Å². The van der Waals surface area contributed by atoms with Gasteiger partial charge >= 0.3 is 0 Å². The van der Waals surface area contributed by atoms with Gasteiger partial charge in [0, 0.05) is 0 Å². The molecule has 0 aliphatic carbocycles. The van der Waals surface area contributed by atoms with Gasteiger partial charge in [-0.05, 0) is 26.7 Å². The molecule has 0 amide bonds. The van der Waals surface area contributed by atoms with E-state index in [0.717, 1.165) is 34.8 Å². The molecular weight excluding hydrogens is 194 g/mol. The summed E-state index contributed by atoms with van der Waals surface area (Å²) in [6.45, 7) is 7.90. The van der Waals surface area contributed by atoms with Gasteiger partial charge in [-0.2, -0.15) is 0 Å². The van der Waals surface area contributed by atoms with Gasteiger partial charge in [-0.25, -0.2) is 4.98 Å².